The number of fused-ring (bicyclic) bond motifs is 2. The molecule has 4 aliphatic rings. The molecule has 3 aromatic carbocycles. The van der Waals surface area contributed by atoms with E-state index in [0.717, 1.165) is 149 Å². The van der Waals surface area contributed by atoms with Crippen molar-refractivity contribution in [2.24, 2.45) is 50.0 Å². The molecule has 0 saturated heterocycles. The maximum atomic E-state index is 6.91. The molecule has 9 N–H and O–H groups in total. The van der Waals surface area contributed by atoms with E-state index in [1.807, 2.05) is 61.1 Å². The fourth-order valence-corrected chi connectivity index (χ4v) is 14.8. The molecule has 21 heteroatoms. The monoisotopic (exact) mass is 1250 g/mol. The van der Waals surface area contributed by atoms with Gasteiger partial charge in [0, 0.05) is 97.7 Å². The smallest absolute Gasteiger partial charge is 0.225 e. The highest BCUT2D eigenvalue weighted by Crippen LogP contribution is 2.43. The van der Waals surface area contributed by atoms with Crippen molar-refractivity contribution in [2.75, 3.05) is 30.9 Å². The molecule has 14 rings (SSSR count). The number of nitrogens with one attached hydrogen (secondary N) is 3. The van der Waals surface area contributed by atoms with Gasteiger partial charge in [0.05, 0.1) is 36.8 Å². The number of hydrogen-bond donors (Lipinski definition) is 6. The van der Waals surface area contributed by atoms with Gasteiger partial charge in [-0.15, -0.1) is 11.3 Å². The second-order valence-electron chi connectivity index (χ2n) is 25.2. The van der Waals surface area contributed by atoms with E-state index in [9.17, 15) is 0 Å². The fourth-order valence-electron chi connectivity index (χ4n) is 14.1. The summed E-state index contributed by atoms with van der Waals surface area (Å²) >= 11 is 1.71. The summed E-state index contributed by atoms with van der Waals surface area (Å²) in [7, 11) is 1.75. The number of rotatable bonds is 21. The SMILES string of the molecule is CN=C=C1C(c2ccc(C3CC(N)CCC3Cn3nc(-c4ccccc4)c4cnc(NCc5cccs5)nc43)cc2)=NN(CC2CCC(N)CC2c2ccc(-c3nn(CC4CCC(N)CC4)c4nc(NCc5cccnc5)ncc34)cc2)C1=NCNCc1ccco1. The van der Waals surface area contributed by atoms with Crippen LogP contribution in [0.5, 0.6) is 0 Å². The highest BCUT2D eigenvalue weighted by atomic mass is 32.1. The number of pyridine rings is 1. The molecule has 0 radical (unpaired) electrons. The number of nitrogens with two attached hydrogens (primary N) is 3. The summed E-state index contributed by atoms with van der Waals surface area (Å²) in [5.74, 6) is 7.29. The molecule has 7 aromatic heterocycles. The van der Waals surface area contributed by atoms with Crippen LogP contribution in [0.15, 0.2) is 177 Å². The van der Waals surface area contributed by atoms with E-state index in [-0.39, 0.29) is 41.8 Å². The number of aliphatic imine (C=N–C) groups is 2. The van der Waals surface area contributed by atoms with Gasteiger partial charge in [0.1, 0.15) is 28.4 Å². The van der Waals surface area contributed by atoms with Crippen LogP contribution in [0.2, 0.25) is 0 Å². The van der Waals surface area contributed by atoms with Crippen LogP contribution in [0, 0.1) is 17.8 Å². The lowest BCUT2D eigenvalue weighted by Gasteiger charge is -2.37. The van der Waals surface area contributed by atoms with Gasteiger partial charge in [-0.2, -0.15) is 25.3 Å². The van der Waals surface area contributed by atoms with E-state index in [1.165, 1.54) is 16.0 Å². The topological polar surface area (TPSA) is 268 Å². The Kier molecular flexibility index (Phi) is 18.3. The number of nitrogens with zero attached hydrogens (tertiary/aromatic N) is 13. The van der Waals surface area contributed by atoms with Crippen molar-refractivity contribution in [3.8, 4) is 22.5 Å². The zero-order valence-electron chi connectivity index (χ0n) is 51.9. The van der Waals surface area contributed by atoms with Gasteiger partial charge in [0.25, 0.3) is 0 Å². The van der Waals surface area contributed by atoms with Crippen LogP contribution < -0.4 is 33.2 Å². The van der Waals surface area contributed by atoms with Crippen LogP contribution in [0.25, 0.3) is 44.6 Å². The van der Waals surface area contributed by atoms with Crippen LogP contribution >= 0.6 is 11.3 Å². The molecule has 20 nitrogen and oxygen atoms in total. The van der Waals surface area contributed by atoms with Crippen LogP contribution in [0.1, 0.15) is 109 Å². The van der Waals surface area contributed by atoms with E-state index >= 15 is 0 Å². The maximum Gasteiger partial charge on any atom is 0.225 e. The summed E-state index contributed by atoms with van der Waals surface area (Å²) in [5, 5.41) is 32.5. The number of furan rings is 1. The third kappa shape index (κ3) is 13.6. The van der Waals surface area contributed by atoms with Gasteiger partial charge in [-0.25, -0.2) is 29.3 Å². The van der Waals surface area contributed by atoms with E-state index in [4.69, 9.17) is 61.8 Å². The summed E-state index contributed by atoms with van der Waals surface area (Å²) in [4.78, 5) is 35.0. The number of hydrogen-bond acceptors (Lipinski definition) is 18. The van der Waals surface area contributed by atoms with Gasteiger partial charge in [-0.05, 0) is 146 Å². The van der Waals surface area contributed by atoms with Gasteiger partial charge in [-0.1, -0.05) is 91.0 Å². The van der Waals surface area contributed by atoms with Gasteiger partial charge in [0.15, 0.2) is 17.1 Å². The zero-order chi connectivity index (χ0) is 62.3. The highest BCUT2D eigenvalue weighted by Gasteiger charge is 2.38. The van der Waals surface area contributed by atoms with E-state index in [1.54, 1.807) is 30.8 Å². The number of hydrazone groups is 1. The maximum absolute atomic E-state index is 6.91. The number of anilines is 2. The van der Waals surface area contributed by atoms with Crippen LogP contribution in [0.4, 0.5) is 11.9 Å². The molecule has 8 heterocycles. The van der Waals surface area contributed by atoms with Crippen molar-refractivity contribution in [1.82, 2.24) is 54.8 Å². The first kappa shape index (κ1) is 60.5. The van der Waals surface area contributed by atoms with Gasteiger partial charge in [0.2, 0.25) is 11.9 Å². The molecule has 0 spiro atoms. The van der Waals surface area contributed by atoms with Crippen molar-refractivity contribution in [3.63, 3.8) is 0 Å². The van der Waals surface area contributed by atoms with E-state index < -0.39 is 0 Å². The lowest BCUT2D eigenvalue weighted by Crippen LogP contribution is -2.38. The van der Waals surface area contributed by atoms with Crippen molar-refractivity contribution < 1.29 is 4.42 Å². The Morgan fingerprint density at radius 1 is 0.620 bits per heavy atom. The minimum atomic E-state index is 0.0653. The average Bonchev–Trinajstić information content (AvgIpc) is 1.65. The van der Waals surface area contributed by atoms with E-state index in [0.29, 0.717) is 57.2 Å². The molecule has 0 amide bonds. The molecule has 0 bridgehead atoms. The first-order chi connectivity index (χ1) is 45.2. The third-order valence-corrected chi connectivity index (χ3v) is 19.9. The molecule has 6 atom stereocenters. The molecule has 3 saturated carbocycles. The highest BCUT2D eigenvalue weighted by molar-refractivity contribution is 7.09. The van der Waals surface area contributed by atoms with Crippen LogP contribution in [-0.4, -0.2) is 105 Å². The Morgan fingerprint density at radius 3 is 1.89 bits per heavy atom. The second-order valence-corrected chi connectivity index (χ2v) is 26.3. The third-order valence-electron chi connectivity index (χ3n) is 19.0. The molecule has 3 aliphatic carbocycles. The molecular weight excluding hydrogens is 1170 g/mol. The lowest BCUT2D eigenvalue weighted by molar-refractivity contribution is 0.232. The standard InChI is InChI=1S/C71H79N19OS/c1-75-38-61-65(50-19-15-48(16-20-50)60-33-56(74)28-24-53(60)43-90-69-62(64(87-90)49-9-3-2-4-10-49)39-81-71(84-69)79-37-58-12-7-31-92-58)86-89(67(61)82-44-77-36-57-11-6-30-91-57)42-52-23-27-55(73)32-59(52)47-17-21-51(22-18-47)66-63-40-80-70(78-35-46-8-5-29-76-34-46)83-68(63)88(85-66)41-45-13-25-54(72)26-14-45/h2-12,15-22,29-31,34,39-40,45,52-56,59-60,77H,13-14,23-28,32-33,35-37,41-44,72-74H2,1H3,(H,78,80,83)(H,79,81,84). The summed E-state index contributed by atoms with van der Waals surface area (Å²) in [6.45, 7) is 4.14. The van der Waals surface area contributed by atoms with Crippen molar-refractivity contribution in [1.29, 1.82) is 0 Å². The summed E-state index contributed by atoms with van der Waals surface area (Å²) in [6.07, 6.45) is 18.8. The predicted octanol–water partition coefficient (Wildman–Crippen LogP) is 11.3. The normalized spacial score (nSPS) is 22.3. The number of thiophene rings is 1. The van der Waals surface area contributed by atoms with Crippen LogP contribution in [-0.2, 0) is 32.7 Å². The van der Waals surface area contributed by atoms with Gasteiger partial charge >= 0.3 is 0 Å². The fraction of sp³-hybridized carbons (Fsp3) is 0.366. The quantitative estimate of drug-likeness (QED) is 0.0288. The zero-order valence-corrected chi connectivity index (χ0v) is 52.8. The summed E-state index contributed by atoms with van der Waals surface area (Å²) in [5.41, 5.74) is 31.5. The molecule has 92 heavy (non-hydrogen) atoms. The first-order valence-corrected chi connectivity index (χ1v) is 33.4. The van der Waals surface area contributed by atoms with Crippen molar-refractivity contribution >= 4 is 62.7 Å². The molecule has 3 fully saturated rings. The Balaban J connectivity index is 0.737. The minimum Gasteiger partial charge on any atom is -0.468 e. The Bertz CT molecular complexity index is 4230. The van der Waals surface area contributed by atoms with Crippen molar-refractivity contribution in [3.05, 3.63) is 190 Å². The summed E-state index contributed by atoms with van der Waals surface area (Å²) in [6, 6.07) is 40.6. The minimum absolute atomic E-state index is 0.0653. The second kappa shape index (κ2) is 27.8. The van der Waals surface area contributed by atoms with Gasteiger partial charge in [-0.3, -0.25) is 15.3 Å². The Hall–Kier alpha value is -9.08. The largest absolute Gasteiger partial charge is 0.468 e. The number of aromatic nitrogens is 9. The molecule has 470 valence electrons. The molecule has 6 unspecified atom stereocenters. The first-order valence-electron chi connectivity index (χ1n) is 32.5. The van der Waals surface area contributed by atoms with E-state index in [2.05, 4.69) is 124 Å². The molecule has 1 aliphatic heterocycles. The van der Waals surface area contributed by atoms with Crippen molar-refractivity contribution in [2.45, 2.75) is 127 Å². The van der Waals surface area contributed by atoms with Gasteiger partial charge < -0.3 is 32.3 Å². The average molecular weight is 1250 g/mol. The number of benzene rings is 3. The summed E-state index contributed by atoms with van der Waals surface area (Å²) < 4.78 is 9.86. The molecule has 10 aromatic rings. The predicted molar refractivity (Wildman–Crippen MR) is 365 cm³/mol. The Morgan fingerprint density at radius 2 is 1.26 bits per heavy atom. The lowest BCUT2D eigenvalue weighted by atomic mass is 9.73. The van der Waals surface area contributed by atoms with Crippen LogP contribution in [0.3, 0.4) is 0 Å². The molecular formula is C71H79N19OS. The number of amidine groups is 1. The Labute approximate surface area is 539 Å².